The molecule has 0 radical (unpaired) electrons. The van der Waals surface area contributed by atoms with Crippen LogP contribution in [0.3, 0.4) is 0 Å². The van der Waals surface area contributed by atoms with Crippen molar-refractivity contribution in [3.63, 3.8) is 0 Å². The van der Waals surface area contributed by atoms with Crippen molar-refractivity contribution in [2.24, 2.45) is 5.92 Å². The Labute approximate surface area is 115 Å². The van der Waals surface area contributed by atoms with Gasteiger partial charge in [-0.2, -0.15) is 0 Å². The fourth-order valence-corrected chi connectivity index (χ4v) is 2.57. The van der Waals surface area contributed by atoms with Gasteiger partial charge in [-0.3, -0.25) is 0 Å². The Kier molecular flexibility index (Phi) is 4.96. The molecule has 0 saturated carbocycles. The van der Waals surface area contributed by atoms with Crippen LogP contribution >= 0.6 is 0 Å². The van der Waals surface area contributed by atoms with E-state index in [1.807, 2.05) is 0 Å². The fourth-order valence-electron chi connectivity index (χ4n) is 2.57. The summed E-state index contributed by atoms with van der Waals surface area (Å²) in [4.78, 5) is 11.0. The Morgan fingerprint density at radius 3 is 2.79 bits per heavy atom. The van der Waals surface area contributed by atoms with E-state index in [-0.39, 0.29) is 0 Å². The summed E-state index contributed by atoms with van der Waals surface area (Å²) in [6.07, 6.45) is 3.93. The van der Waals surface area contributed by atoms with Crippen molar-refractivity contribution >= 4 is 11.6 Å². The molecule has 5 heteroatoms. The van der Waals surface area contributed by atoms with E-state index in [0.717, 1.165) is 56.3 Å². The Balaban J connectivity index is 2.05. The maximum atomic E-state index is 5.41. The molecule has 5 nitrogen and oxygen atoms in total. The maximum absolute atomic E-state index is 5.41. The Hall–Kier alpha value is -1.36. The highest BCUT2D eigenvalue weighted by Gasteiger charge is 2.18. The van der Waals surface area contributed by atoms with E-state index < -0.39 is 0 Å². The number of anilines is 2. The summed E-state index contributed by atoms with van der Waals surface area (Å²) in [6.45, 7) is 7.85. The third-order valence-electron chi connectivity index (χ3n) is 3.64. The van der Waals surface area contributed by atoms with Gasteiger partial charge in [-0.05, 0) is 32.6 Å². The summed E-state index contributed by atoms with van der Waals surface area (Å²) in [6, 6.07) is 0. The molecule has 106 valence electrons. The molecule has 1 N–H and O–H groups in total. The van der Waals surface area contributed by atoms with Gasteiger partial charge in [0, 0.05) is 38.9 Å². The fraction of sp³-hybridized carbons (Fsp3) is 0.714. The molecule has 0 aromatic carbocycles. The van der Waals surface area contributed by atoms with Gasteiger partial charge >= 0.3 is 0 Å². The standard InChI is InChI=1S/C14H24N4O/c1-4-15-13-11(2)14(17-10-16-13)18(3)9-12-5-7-19-8-6-12/h10,12H,4-9H2,1-3H3,(H,15,16,17). The van der Waals surface area contributed by atoms with Gasteiger partial charge in [0.05, 0.1) is 0 Å². The van der Waals surface area contributed by atoms with Crippen LogP contribution in [0.1, 0.15) is 25.3 Å². The molecule has 1 aromatic rings. The quantitative estimate of drug-likeness (QED) is 0.882. The average Bonchev–Trinajstić information content (AvgIpc) is 2.42. The number of hydrogen-bond donors (Lipinski definition) is 1. The maximum Gasteiger partial charge on any atom is 0.136 e. The van der Waals surface area contributed by atoms with E-state index in [2.05, 4.69) is 41.1 Å². The first kappa shape index (κ1) is 14.1. The molecule has 1 aromatic heterocycles. The molecule has 0 aliphatic carbocycles. The number of nitrogens with zero attached hydrogens (tertiary/aromatic N) is 3. The molecule has 0 atom stereocenters. The molecular weight excluding hydrogens is 240 g/mol. The lowest BCUT2D eigenvalue weighted by molar-refractivity contribution is 0.0685. The summed E-state index contributed by atoms with van der Waals surface area (Å²) in [5.41, 5.74) is 1.12. The van der Waals surface area contributed by atoms with E-state index in [9.17, 15) is 0 Å². The van der Waals surface area contributed by atoms with E-state index in [0.29, 0.717) is 5.92 Å². The van der Waals surface area contributed by atoms with Crippen LogP contribution in [0, 0.1) is 12.8 Å². The first-order chi connectivity index (χ1) is 9.22. The predicted molar refractivity (Wildman–Crippen MR) is 77.7 cm³/mol. The topological polar surface area (TPSA) is 50.3 Å². The van der Waals surface area contributed by atoms with Gasteiger partial charge in [-0.15, -0.1) is 0 Å². The van der Waals surface area contributed by atoms with Gasteiger partial charge in [0.25, 0.3) is 0 Å². The summed E-state index contributed by atoms with van der Waals surface area (Å²) in [5.74, 6) is 2.67. The summed E-state index contributed by atoms with van der Waals surface area (Å²) < 4.78 is 5.41. The highest BCUT2D eigenvalue weighted by atomic mass is 16.5. The van der Waals surface area contributed by atoms with Crippen LogP contribution in [0.5, 0.6) is 0 Å². The summed E-state index contributed by atoms with van der Waals surface area (Å²) in [7, 11) is 2.11. The minimum Gasteiger partial charge on any atom is -0.381 e. The van der Waals surface area contributed by atoms with Crippen molar-refractivity contribution in [2.75, 3.05) is 43.6 Å². The summed E-state index contributed by atoms with van der Waals surface area (Å²) in [5, 5.41) is 3.28. The summed E-state index contributed by atoms with van der Waals surface area (Å²) >= 11 is 0. The number of nitrogens with one attached hydrogen (secondary N) is 1. The zero-order valence-corrected chi connectivity index (χ0v) is 12.1. The minimum atomic E-state index is 0.704. The second-order valence-electron chi connectivity index (χ2n) is 5.14. The molecule has 0 unspecified atom stereocenters. The van der Waals surface area contributed by atoms with E-state index in [1.165, 1.54) is 0 Å². The highest BCUT2D eigenvalue weighted by molar-refractivity contribution is 5.57. The molecule has 2 rings (SSSR count). The number of ether oxygens (including phenoxy) is 1. The molecule has 1 aliphatic rings. The zero-order valence-electron chi connectivity index (χ0n) is 12.1. The molecule has 1 fully saturated rings. The Morgan fingerprint density at radius 1 is 1.37 bits per heavy atom. The van der Waals surface area contributed by atoms with Crippen molar-refractivity contribution in [2.45, 2.75) is 26.7 Å². The van der Waals surface area contributed by atoms with Crippen LogP contribution in [-0.4, -0.2) is 43.3 Å². The second kappa shape index (κ2) is 6.70. The van der Waals surface area contributed by atoms with E-state index in [1.54, 1.807) is 6.33 Å². The van der Waals surface area contributed by atoms with E-state index >= 15 is 0 Å². The van der Waals surface area contributed by atoms with Crippen LogP contribution in [0.2, 0.25) is 0 Å². The molecule has 19 heavy (non-hydrogen) atoms. The Morgan fingerprint density at radius 2 is 2.11 bits per heavy atom. The first-order valence-corrected chi connectivity index (χ1v) is 7.06. The monoisotopic (exact) mass is 264 g/mol. The van der Waals surface area contributed by atoms with Gasteiger partial charge in [-0.25, -0.2) is 9.97 Å². The smallest absolute Gasteiger partial charge is 0.136 e. The second-order valence-corrected chi connectivity index (χ2v) is 5.14. The Bertz CT molecular complexity index is 404. The number of aromatic nitrogens is 2. The SMILES string of the molecule is CCNc1ncnc(N(C)CC2CCOCC2)c1C. The van der Waals surface area contributed by atoms with Crippen LogP contribution < -0.4 is 10.2 Å². The van der Waals surface area contributed by atoms with Gasteiger partial charge in [0.1, 0.15) is 18.0 Å². The van der Waals surface area contributed by atoms with Crippen LogP contribution in [0.25, 0.3) is 0 Å². The van der Waals surface area contributed by atoms with Crippen molar-refractivity contribution in [3.8, 4) is 0 Å². The molecular formula is C14H24N4O. The zero-order chi connectivity index (χ0) is 13.7. The third-order valence-corrected chi connectivity index (χ3v) is 3.64. The molecule has 1 saturated heterocycles. The average molecular weight is 264 g/mol. The van der Waals surface area contributed by atoms with E-state index in [4.69, 9.17) is 4.74 Å². The largest absolute Gasteiger partial charge is 0.381 e. The molecule has 0 amide bonds. The predicted octanol–water partition coefficient (Wildman–Crippen LogP) is 2.08. The van der Waals surface area contributed by atoms with Crippen molar-refractivity contribution in [1.29, 1.82) is 0 Å². The lowest BCUT2D eigenvalue weighted by Gasteiger charge is -2.28. The molecule has 1 aliphatic heterocycles. The lowest BCUT2D eigenvalue weighted by Crippen LogP contribution is -2.30. The molecule has 0 bridgehead atoms. The van der Waals surface area contributed by atoms with Crippen LogP contribution in [0.15, 0.2) is 6.33 Å². The lowest BCUT2D eigenvalue weighted by atomic mass is 10.00. The minimum absolute atomic E-state index is 0.704. The van der Waals surface area contributed by atoms with Gasteiger partial charge in [0.15, 0.2) is 0 Å². The highest BCUT2D eigenvalue weighted by Crippen LogP contribution is 2.24. The van der Waals surface area contributed by atoms with Gasteiger partial charge in [-0.1, -0.05) is 0 Å². The molecule has 0 spiro atoms. The van der Waals surface area contributed by atoms with Crippen molar-refractivity contribution < 1.29 is 4.74 Å². The van der Waals surface area contributed by atoms with Crippen molar-refractivity contribution in [1.82, 2.24) is 9.97 Å². The number of rotatable bonds is 5. The van der Waals surface area contributed by atoms with Crippen molar-refractivity contribution in [3.05, 3.63) is 11.9 Å². The number of hydrogen-bond acceptors (Lipinski definition) is 5. The van der Waals surface area contributed by atoms with Gasteiger partial charge < -0.3 is 15.0 Å². The third kappa shape index (κ3) is 3.56. The van der Waals surface area contributed by atoms with Crippen LogP contribution in [-0.2, 0) is 4.74 Å². The van der Waals surface area contributed by atoms with Crippen LogP contribution in [0.4, 0.5) is 11.6 Å². The molecule has 2 heterocycles. The van der Waals surface area contributed by atoms with Gasteiger partial charge in [0.2, 0.25) is 0 Å². The first-order valence-electron chi connectivity index (χ1n) is 7.06. The normalized spacial score (nSPS) is 16.4.